The highest BCUT2D eigenvalue weighted by Gasteiger charge is 2.26. The predicted octanol–water partition coefficient (Wildman–Crippen LogP) is 3.48. The van der Waals surface area contributed by atoms with Gasteiger partial charge in [-0.1, -0.05) is 12.8 Å². The molecular formula is C21H33N3O. The fraction of sp³-hybridized carbons (Fsp3) is 0.667. The summed E-state index contributed by atoms with van der Waals surface area (Å²) in [6, 6.07) is 8.32. The summed E-state index contributed by atoms with van der Waals surface area (Å²) in [7, 11) is 4.23. The second-order valence-corrected chi connectivity index (χ2v) is 7.95. The van der Waals surface area contributed by atoms with Gasteiger partial charge in [-0.2, -0.15) is 0 Å². The number of hydrogen-bond acceptors (Lipinski definition) is 3. The Bertz CT molecular complexity index is 547. The average Bonchev–Trinajstić information content (AvgIpc) is 2.93. The van der Waals surface area contributed by atoms with Gasteiger partial charge >= 0.3 is 0 Å². The normalized spacial score (nSPS) is 21.6. The lowest BCUT2D eigenvalue weighted by molar-refractivity contribution is 0.0786. The molecule has 2 heterocycles. The van der Waals surface area contributed by atoms with Gasteiger partial charge in [0.2, 0.25) is 0 Å². The van der Waals surface area contributed by atoms with Crippen molar-refractivity contribution >= 4 is 11.6 Å². The number of anilines is 1. The monoisotopic (exact) mass is 343 g/mol. The second-order valence-electron chi connectivity index (χ2n) is 7.95. The topological polar surface area (TPSA) is 26.8 Å². The minimum atomic E-state index is 0.203. The molecule has 1 unspecified atom stereocenters. The van der Waals surface area contributed by atoms with Crippen molar-refractivity contribution in [3.05, 3.63) is 29.8 Å². The number of likely N-dealkylation sites (tertiary alicyclic amines) is 1. The molecule has 4 nitrogen and oxygen atoms in total. The molecule has 0 bridgehead atoms. The van der Waals surface area contributed by atoms with Gasteiger partial charge in [0.1, 0.15) is 0 Å². The zero-order chi connectivity index (χ0) is 17.6. The van der Waals surface area contributed by atoms with E-state index < -0.39 is 0 Å². The Kier molecular flexibility index (Phi) is 6.35. The van der Waals surface area contributed by atoms with Crippen LogP contribution < -0.4 is 4.90 Å². The Morgan fingerprint density at radius 2 is 1.72 bits per heavy atom. The lowest BCUT2D eigenvalue weighted by Crippen LogP contribution is -2.29. The van der Waals surface area contributed by atoms with Gasteiger partial charge in [0, 0.05) is 37.4 Å². The molecule has 1 amide bonds. The molecule has 0 radical (unpaired) electrons. The maximum absolute atomic E-state index is 12.8. The molecule has 2 saturated heterocycles. The summed E-state index contributed by atoms with van der Waals surface area (Å²) in [6.45, 7) is 5.22. The summed E-state index contributed by atoms with van der Waals surface area (Å²) in [4.78, 5) is 19.5. The van der Waals surface area contributed by atoms with Crippen molar-refractivity contribution in [1.82, 2.24) is 9.80 Å². The number of amides is 1. The highest BCUT2D eigenvalue weighted by atomic mass is 16.2. The van der Waals surface area contributed by atoms with E-state index in [0.29, 0.717) is 5.92 Å². The number of benzene rings is 1. The first-order valence-corrected chi connectivity index (χ1v) is 9.92. The minimum absolute atomic E-state index is 0.203. The summed E-state index contributed by atoms with van der Waals surface area (Å²) in [5.41, 5.74) is 2.11. The minimum Gasteiger partial charge on any atom is -0.372 e. The van der Waals surface area contributed by atoms with E-state index in [4.69, 9.17) is 0 Å². The van der Waals surface area contributed by atoms with Gasteiger partial charge in [0.15, 0.2) is 0 Å². The van der Waals surface area contributed by atoms with Crippen molar-refractivity contribution in [3.63, 3.8) is 0 Å². The summed E-state index contributed by atoms with van der Waals surface area (Å²) >= 11 is 0. The molecular weight excluding hydrogens is 310 g/mol. The molecule has 2 aliphatic rings. The summed E-state index contributed by atoms with van der Waals surface area (Å²) < 4.78 is 0. The van der Waals surface area contributed by atoms with Gasteiger partial charge in [-0.25, -0.2) is 0 Å². The van der Waals surface area contributed by atoms with Crippen LogP contribution in [0.5, 0.6) is 0 Å². The maximum Gasteiger partial charge on any atom is 0.253 e. The van der Waals surface area contributed by atoms with Crippen molar-refractivity contribution in [1.29, 1.82) is 0 Å². The van der Waals surface area contributed by atoms with Crippen LogP contribution in [0.2, 0.25) is 0 Å². The van der Waals surface area contributed by atoms with Crippen molar-refractivity contribution in [3.8, 4) is 0 Å². The first kappa shape index (κ1) is 18.2. The van der Waals surface area contributed by atoms with E-state index in [9.17, 15) is 4.79 Å². The number of nitrogens with zero attached hydrogens (tertiary/aromatic N) is 3. The van der Waals surface area contributed by atoms with Crippen LogP contribution in [0.3, 0.4) is 0 Å². The van der Waals surface area contributed by atoms with Crippen molar-refractivity contribution < 1.29 is 4.79 Å². The van der Waals surface area contributed by atoms with Crippen LogP contribution in [0.15, 0.2) is 24.3 Å². The fourth-order valence-corrected chi connectivity index (χ4v) is 4.02. The van der Waals surface area contributed by atoms with Gasteiger partial charge in [0.25, 0.3) is 5.91 Å². The smallest absolute Gasteiger partial charge is 0.253 e. The molecule has 0 N–H and O–H groups in total. The van der Waals surface area contributed by atoms with Gasteiger partial charge in [-0.3, -0.25) is 4.79 Å². The molecule has 0 saturated carbocycles. The number of rotatable bonds is 5. The van der Waals surface area contributed by atoms with E-state index in [0.717, 1.165) is 44.7 Å². The third-order valence-electron chi connectivity index (χ3n) is 5.64. The second kappa shape index (κ2) is 8.70. The summed E-state index contributed by atoms with van der Waals surface area (Å²) in [5, 5.41) is 0. The molecule has 3 rings (SSSR count). The first-order valence-electron chi connectivity index (χ1n) is 9.92. The van der Waals surface area contributed by atoms with Gasteiger partial charge < -0.3 is 14.7 Å². The van der Waals surface area contributed by atoms with E-state index in [1.54, 1.807) is 0 Å². The lowest BCUT2D eigenvalue weighted by Gasteiger charge is -2.23. The van der Waals surface area contributed by atoms with Crippen molar-refractivity contribution in [2.24, 2.45) is 5.92 Å². The molecule has 138 valence electrons. The summed E-state index contributed by atoms with van der Waals surface area (Å²) in [6.07, 6.45) is 7.58. The Morgan fingerprint density at radius 1 is 1.04 bits per heavy atom. The third kappa shape index (κ3) is 4.97. The van der Waals surface area contributed by atoms with E-state index >= 15 is 0 Å². The van der Waals surface area contributed by atoms with Gasteiger partial charge in [-0.15, -0.1) is 0 Å². The zero-order valence-corrected chi connectivity index (χ0v) is 15.9. The number of carbonyl (C=O) groups is 1. The molecule has 0 spiro atoms. The molecule has 0 aliphatic carbocycles. The van der Waals surface area contributed by atoms with Gasteiger partial charge in [0.05, 0.1) is 0 Å². The SMILES string of the molecule is CN(C)CCC1CCN(C(=O)c2ccc(N3CCCCCC3)cc2)C1. The Hall–Kier alpha value is -1.55. The quantitative estimate of drug-likeness (QED) is 0.819. The molecule has 4 heteroatoms. The Balaban J connectivity index is 1.56. The van der Waals surface area contributed by atoms with Crippen molar-refractivity contribution in [2.45, 2.75) is 38.5 Å². The molecule has 2 aliphatic heterocycles. The van der Waals surface area contributed by atoms with Crippen molar-refractivity contribution in [2.75, 3.05) is 51.7 Å². The van der Waals surface area contributed by atoms with Crippen LogP contribution in [0.1, 0.15) is 48.9 Å². The highest BCUT2D eigenvalue weighted by molar-refractivity contribution is 5.94. The molecule has 1 aromatic carbocycles. The summed E-state index contributed by atoms with van der Waals surface area (Å²) in [5.74, 6) is 0.859. The molecule has 1 atom stereocenters. The van der Waals surface area contributed by atoms with Crippen LogP contribution in [-0.2, 0) is 0 Å². The standard InChI is InChI=1S/C21H33N3O/c1-22(2)15-11-18-12-16-24(17-18)21(25)19-7-9-20(10-8-19)23-13-5-3-4-6-14-23/h7-10,18H,3-6,11-17H2,1-2H3. The van der Waals surface area contributed by atoms with Crippen LogP contribution in [0.4, 0.5) is 5.69 Å². The Labute approximate surface area is 152 Å². The van der Waals surface area contributed by atoms with Crippen LogP contribution in [0, 0.1) is 5.92 Å². The third-order valence-corrected chi connectivity index (χ3v) is 5.64. The molecule has 0 aromatic heterocycles. The van der Waals surface area contributed by atoms with E-state index in [1.165, 1.54) is 37.8 Å². The molecule has 2 fully saturated rings. The number of hydrogen-bond donors (Lipinski definition) is 0. The maximum atomic E-state index is 12.8. The highest BCUT2D eigenvalue weighted by Crippen LogP contribution is 2.24. The predicted molar refractivity (Wildman–Crippen MR) is 104 cm³/mol. The largest absolute Gasteiger partial charge is 0.372 e. The fourth-order valence-electron chi connectivity index (χ4n) is 4.02. The molecule has 25 heavy (non-hydrogen) atoms. The molecule has 1 aromatic rings. The van der Waals surface area contributed by atoms with Crippen LogP contribution >= 0.6 is 0 Å². The van der Waals surface area contributed by atoms with Gasteiger partial charge in [-0.05, 0) is 76.5 Å². The zero-order valence-electron chi connectivity index (χ0n) is 15.9. The first-order chi connectivity index (χ1) is 12.1. The van der Waals surface area contributed by atoms with E-state index in [-0.39, 0.29) is 5.91 Å². The Morgan fingerprint density at radius 3 is 2.36 bits per heavy atom. The average molecular weight is 344 g/mol. The van der Waals surface area contributed by atoms with Crippen LogP contribution in [-0.4, -0.2) is 62.5 Å². The number of carbonyl (C=O) groups excluding carboxylic acids is 1. The van der Waals surface area contributed by atoms with E-state index in [2.05, 4.69) is 36.0 Å². The van der Waals surface area contributed by atoms with E-state index in [1.807, 2.05) is 17.0 Å². The lowest BCUT2D eigenvalue weighted by atomic mass is 10.1. The van der Waals surface area contributed by atoms with Crippen LogP contribution in [0.25, 0.3) is 0 Å².